The van der Waals surface area contributed by atoms with Crippen LogP contribution in [0.1, 0.15) is 22.3 Å². The predicted octanol–water partition coefficient (Wildman–Crippen LogP) is 4.97. The summed E-state index contributed by atoms with van der Waals surface area (Å²) in [7, 11) is 0. The van der Waals surface area contributed by atoms with Gasteiger partial charge in [0.25, 0.3) is 0 Å². The van der Waals surface area contributed by atoms with Crippen LogP contribution in [-0.4, -0.2) is 31.3 Å². The van der Waals surface area contributed by atoms with Crippen LogP contribution >= 0.6 is 0 Å². The highest BCUT2D eigenvalue weighted by Crippen LogP contribution is 2.24. The third-order valence-electron chi connectivity index (χ3n) is 5.15. The molecule has 0 N–H and O–H groups in total. The topological polar surface area (TPSA) is 21.7 Å². The number of hydrogen-bond donors (Lipinski definition) is 0. The third kappa shape index (κ3) is 5.65. The van der Waals surface area contributed by atoms with E-state index in [0.717, 1.165) is 35.3 Å². The van der Waals surface area contributed by atoms with E-state index >= 15 is 0 Å². The maximum Gasteiger partial charge on any atom is 0.123 e. The minimum atomic E-state index is -0.271. The minimum absolute atomic E-state index is 0.226. The Balaban J connectivity index is 1.58. The molecule has 1 aliphatic rings. The van der Waals surface area contributed by atoms with Gasteiger partial charge in [0.1, 0.15) is 24.0 Å². The van der Waals surface area contributed by atoms with Gasteiger partial charge in [-0.15, -0.1) is 0 Å². The summed E-state index contributed by atoms with van der Waals surface area (Å²) in [5.74, 6) is 0.193. The lowest BCUT2D eigenvalue weighted by atomic mass is 10.0. The summed E-state index contributed by atoms with van der Waals surface area (Å²) in [5.41, 5.74) is 4.00. The van der Waals surface area contributed by atoms with Crippen LogP contribution in [0, 0.1) is 11.6 Å². The zero-order valence-corrected chi connectivity index (χ0v) is 16.8. The Hall–Kier alpha value is -2.76. The highest BCUT2D eigenvalue weighted by Gasteiger charge is 2.12. The molecule has 0 aliphatic carbocycles. The van der Waals surface area contributed by atoms with Crippen LogP contribution in [0.5, 0.6) is 5.75 Å². The van der Waals surface area contributed by atoms with Crippen molar-refractivity contribution >= 4 is 0 Å². The van der Waals surface area contributed by atoms with Crippen LogP contribution in [-0.2, 0) is 24.2 Å². The first-order valence-electron chi connectivity index (χ1n) is 10.2. The van der Waals surface area contributed by atoms with Crippen LogP contribution in [0.3, 0.4) is 0 Å². The van der Waals surface area contributed by atoms with Crippen molar-refractivity contribution in [1.29, 1.82) is 0 Å². The SMILES string of the molecule is Fc1cccc(CN2CCOCCOc3ccc(F)cc3Cc3cccc(c3)C2)c1. The van der Waals surface area contributed by atoms with Crippen molar-refractivity contribution in [3.63, 3.8) is 0 Å². The van der Waals surface area contributed by atoms with Gasteiger partial charge in [-0.05, 0) is 47.0 Å². The molecule has 5 heteroatoms. The Bertz CT molecular complexity index is 992. The number of benzene rings is 3. The second kappa shape index (κ2) is 9.83. The van der Waals surface area contributed by atoms with Crippen molar-refractivity contribution in [2.24, 2.45) is 0 Å². The molecule has 0 fully saturated rings. The Morgan fingerprint density at radius 2 is 1.63 bits per heavy atom. The average Bonchev–Trinajstić information content (AvgIpc) is 2.71. The molecule has 0 saturated carbocycles. The molecule has 4 rings (SSSR count). The number of nitrogens with zero attached hydrogens (tertiary/aromatic N) is 1. The molecule has 0 atom stereocenters. The van der Waals surface area contributed by atoms with E-state index in [1.54, 1.807) is 18.2 Å². The lowest BCUT2D eigenvalue weighted by Crippen LogP contribution is -2.27. The molecule has 0 spiro atoms. The summed E-state index contributed by atoms with van der Waals surface area (Å²) < 4.78 is 39.0. The fourth-order valence-electron chi connectivity index (χ4n) is 3.76. The third-order valence-corrected chi connectivity index (χ3v) is 5.15. The molecule has 1 aliphatic heterocycles. The Morgan fingerprint density at radius 3 is 2.53 bits per heavy atom. The summed E-state index contributed by atoms with van der Waals surface area (Å²) in [6, 6.07) is 19.6. The summed E-state index contributed by atoms with van der Waals surface area (Å²) >= 11 is 0. The van der Waals surface area contributed by atoms with E-state index in [9.17, 15) is 8.78 Å². The van der Waals surface area contributed by atoms with Crippen molar-refractivity contribution in [2.45, 2.75) is 19.5 Å². The molecule has 156 valence electrons. The predicted molar refractivity (Wildman–Crippen MR) is 112 cm³/mol. The van der Waals surface area contributed by atoms with Gasteiger partial charge in [0.05, 0.1) is 13.2 Å². The maximum atomic E-state index is 13.8. The average molecular weight is 409 g/mol. The van der Waals surface area contributed by atoms with Gasteiger partial charge < -0.3 is 9.47 Å². The van der Waals surface area contributed by atoms with Crippen molar-refractivity contribution in [1.82, 2.24) is 4.90 Å². The number of halogens is 2. The molecule has 0 saturated heterocycles. The van der Waals surface area contributed by atoms with E-state index in [1.165, 1.54) is 18.2 Å². The van der Waals surface area contributed by atoms with Gasteiger partial charge in [0.15, 0.2) is 0 Å². The van der Waals surface area contributed by atoms with Gasteiger partial charge in [0, 0.05) is 31.6 Å². The standard InChI is InChI=1S/C25H25F2NO2/c26-23-6-2-5-21(15-23)18-28-9-10-29-11-12-30-25-8-7-24(27)16-22(25)14-19-3-1-4-20(13-19)17-28/h1-8,13,15-16H,9-12,14,17-18H2. The molecular formula is C25H25F2NO2. The molecule has 0 amide bonds. The molecule has 0 radical (unpaired) electrons. The van der Waals surface area contributed by atoms with Crippen molar-refractivity contribution in [2.75, 3.05) is 26.4 Å². The van der Waals surface area contributed by atoms with Crippen molar-refractivity contribution in [3.8, 4) is 5.75 Å². The van der Waals surface area contributed by atoms with Crippen LogP contribution in [0.4, 0.5) is 8.78 Å². The summed E-state index contributed by atoms with van der Waals surface area (Å²) in [5, 5.41) is 0. The molecule has 3 nitrogen and oxygen atoms in total. The maximum absolute atomic E-state index is 13.8. The van der Waals surface area contributed by atoms with Crippen LogP contribution in [0.15, 0.2) is 66.7 Å². The molecule has 30 heavy (non-hydrogen) atoms. The first-order chi connectivity index (χ1) is 14.7. The van der Waals surface area contributed by atoms with E-state index in [-0.39, 0.29) is 11.6 Å². The van der Waals surface area contributed by atoms with Crippen LogP contribution < -0.4 is 4.74 Å². The van der Waals surface area contributed by atoms with Gasteiger partial charge in [-0.3, -0.25) is 4.90 Å². The van der Waals surface area contributed by atoms with Crippen molar-refractivity contribution < 1.29 is 18.3 Å². The molecule has 2 bridgehead atoms. The van der Waals surface area contributed by atoms with Gasteiger partial charge in [-0.2, -0.15) is 0 Å². The van der Waals surface area contributed by atoms with E-state index in [4.69, 9.17) is 9.47 Å². The van der Waals surface area contributed by atoms with E-state index in [1.807, 2.05) is 18.2 Å². The first kappa shape index (κ1) is 20.5. The second-order valence-corrected chi connectivity index (χ2v) is 7.55. The Labute approximate surface area is 175 Å². The van der Waals surface area contributed by atoms with Crippen molar-refractivity contribution in [3.05, 3.63) is 101 Å². The number of hydrogen-bond acceptors (Lipinski definition) is 3. The molecular weight excluding hydrogens is 384 g/mol. The summed E-state index contributed by atoms with van der Waals surface area (Å²) in [6.07, 6.45) is 0.589. The monoisotopic (exact) mass is 409 g/mol. The van der Waals surface area contributed by atoms with E-state index in [0.29, 0.717) is 38.5 Å². The van der Waals surface area contributed by atoms with E-state index < -0.39 is 0 Å². The normalized spacial score (nSPS) is 15.7. The van der Waals surface area contributed by atoms with Crippen LogP contribution in [0.25, 0.3) is 0 Å². The summed E-state index contributed by atoms with van der Waals surface area (Å²) in [6.45, 7) is 3.49. The zero-order valence-electron chi connectivity index (χ0n) is 16.8. The summed E-state index contributed by atoms with van der Waals surface area (Å²) in [4.78, 5) is 2.24. The fourth-order valence-corrected chi connectivity index (χ4v) is 3.76. The van der Waals surface area contributed by atoms with Gasteiger partial charge in [-0.1, -0.05) is 36.4 Å². The lowest BCUT2D eigenvalue weighted by Gasteiger charge is -2.23. The van der Waals surface area contributed by atoms with Gasteiger partial charge >= 0.3 is 0 Å². The van der Waals surface area contributed by atoms with Gasteiger partial charge in [-0.25, -0.2) is 8.78 Å². The molecule has 1 heterocycles. The van der Waals surface area contributed by atoms with E-state index in [2.05, 4.69) is 17.0 Å². The largest absolute Gasteiger partial charge is 0.491 e. The fraction of sp³-hybridized carbons (Fsp3) is 0.280. The van der Waals surface area contributed by atoms with Crippen LogP contribution in [0.2, 0.25) is 0 Å². The molecule has 0 aromatic heterocycles. The van der Waals surface area contributed by atoms with Gasteiger partial charge in [0.2, 0.25) is 0 Å². The number of ether oxygens (including phenoxy) is 2. The molecule has 0 unspecified atom stereocenters. The minimum Gasteiger partial charge on any atom is -0.491 e. The Kier molecular flexibility index (Phi) is 6.72. The molecule has 3 aromatic rings. The Morgan fingerprint density at radius 1 is 0.800 bits per heavy atom. The quantitative estimate of drug-likeness (QED) is 0.597. The zero-order chi connectivity index (χ0) is 20.8. The number of fused-ring (bicyclic) bond motifs is 3. The second-order valence-electron chi connectivity index (χ2n) is 7.55. The highest BCUT2D eigenvalue weighted by molar-refractivity contribution is 5.39. The lowest BCUT2D eigenvalue weighted by molar-refractivity contribution is 0.0757. The smallest absolute Gasteiger partial charge is 0.123 e. The number of rotatable bonds is 2. The first-order valence-corrected chi connectivity index (χ1v) is 10.2. The molecule has 3 aromatic carbocycles. The highest BCUT2D eigenvalue weighted by atomic mass is 19.1.